The van der Waals surface area contributed by atoms with E-state index in [0.29, 0.717) is 37.3 Å². The molecule has 0 aliphatic carbocycles. The van der Waals surface area contributed by atoms with E-state index in [1.807, 2.05) is 0 Å². The van der Waals surface area contributed by atoms with Gasteiger partial charge in [-0.05, 0) is 74.7 Å². The molecule has 0 fully saturated rings. The molecule has 1 amide bonds. The van der Waals surface area contributed by atoms with E-state index < -0.39 is 11.9 Å². The van der Waals surface area contributed by atoms with Gasteiger partial charge in [-0.1, -0.05) is 42.6 Å². The zero-order valence-electron chi connectivity index (χ0n) is 17.5. The van der Waals surface area contributed by atoms with E-state index in [1.165, 1.54) is 0 Å². The molecule has 3 rings (SSSR count). The van der Waals surface area contributed by atoms with Crippen molar-refractivity contribution in [2.45, 2.75) is 6.92 Å². The largest absolute Gasteiger partial charge is 0.506 e. The number of halogens is 2. The van der Waals surface area contributed by atoms with Gasteiger partial charge >= 0.3 is 5.97 Å². The van der Waals surface area contributed by atoms with Gasteiger partial charge < -0.3 is 14.6 Å². The van der Waals surface area contributed by atoms with E-state index in [2.05, 4.69) is 43.4 Å². The Kier molecular flexibility index (Phi) is 8.71. The lowest BCUT2D eigenvalue weighted by molar-refractivity contribution is -0.138. The molecule has 0 spiro atoms. The van der Waals surface area contributed by atoms with Crippen molar-refractivity contribution in [3.63, 3.8) is 0 Å². The van der Waals surface area contributed by atoms with Crippen LogP contribution >= 0.6 is 43.6 Å². The van der Waals surface area contributed by atoms with Crippen LogP contribution < -0.4 is 4.74 Å². The number of amides is 1. The number of benzene rings is 2. The number of aliphatic imine (C=N–C) groups is 1. The first kappa shape index (κ1) is 25.0. The molecule has 0 bridgehead atoms. The van der Waals surface area contributed by atoms with Gasteiger partial charge in [-0.25, -0.2) is 9.79 Å². The van der Waals surface area contributed by atoms with Crippen LogP contribution in [0.15, 0.2) is 85.3 Å². The molecule has 0 aromatic heterocycles. The van der Waals surface area contributed by atoms with Crippen LogP contribution in [-0.4, -0.2) is 35.2 Å². The summed E-state index contributed by atoms with van der Waals surface area (Å²) in [6.45, 7) is 5.75. The van der Waals surface area contributed by atoms with Crippen LogP contribution in [0.3, 0.4) is 0 Å². The van der Waals surface area contributed by atoms with Crippen LogP contribution in [-0.2, 0) is 9.53 Å². The maximum Gasteiger partial charge on any atom is 0.344 e. The Morgan fingerprint density at radius 2 is 1.85 bits per heavy atom. The number of hydrogen-bond acceptors (Lipinski definition) is 6. The molecule has 0 unspecified atom stereocenters. The van der Waals surface area contributed by atoms with Gasteiger partial charge in [-0.3, -0.25) is 4.79 Å². The smallest absolute Gasteiger partial charge is 0.344 e. The standard InChI is InChI=1S/C24H19Br2NO5S/c1-3-10-32-21-16(25)11-14(12-17(21)26)13-18-20(28)19(24(30)31-4-2)23(33-18)27-22(29)15-8-6-5-7-9-15/h3,5-9,11-13,28H,1,4,10H2,2H3. The molecule has 2 aromatic rings. The highest BCUT2D eigenvalue weighted by Gasteiger charge is 2.34. The van der Waals surface area contributed by atoms with Crippen LogP contribution in [0.25, 0.3) is 6.08 Å². The Hall–Kier alpha value is -2.62. The summed E-state index contributed by atoms with van der Waals surface area (Å²) in [5.74, 6) is -0.958. The molecule has 1 heterocycles. The second-order valence-corrected chi connectivity index (χ2v) is 9.30. The summed E-state index contributed by atoms with van der Waals surface area (Å²) in [5, 5.41) is 10.9. The van der Waals surface area contributed by atoms with E-state index in [9.17, 15) is 14.7 Å². The molecular formula is C24H19Br2NO5S. The summed E-state index contributed by atoms with van der Waals surface area (Å²) in [6.07, 6.45) is 3.32. The number of hydrogen-bond donors (Lipinski definition) is 1. The molecule has 2 aromatic carbocycles. The van der Waals surface area contributed by atoms with E-state index in [1.54, 1.807) is 61.5 Å². The fourth-order valence-electron chi connectivity index (χ4n) is 2.82. The van der Waals surface area contributed by atoms with E-state index >= 15 is 0 Å². The lowest BCUT2D eigenvalue weighted by Gasteiger charge is -2.10. The molecule has 0 saturated heterocycles. The summed E-state index contributed by atoms with van der Waals surface area (Å²) < 4.78 is 12.1. The highest BCUT2D eigenvalue weighted by atomic mass is 79.9. The number of aliphatic hydroxyl groups excluding tert-OH is 1. The fourth-order valence-corrected chi connectivity index (χ4v) is 5.29. The molecule has 170 valence electrons. The molecule has 0 atom stereocenters. The summed E-state index contributed by atoms with van der Waals surface area (Å²) in [4.78, 5) is 29.6. The Morgan fingerprint density at radius 3 is 2.45 bits per heavy atom. The topological polar surface area (TPSA) is 85.2 Å². The quantitative estimate of drug-likeness (QED) is 0.293. The molecule has 6 nitrogen and oxygen atoms in total. The van der Waals surface area contributed by atoms with Gasteiger partial charge in [0.2, 0.25) is 0 Å². The van der Waals surface area contributed by atoms with Crippen molar-refractivity contribution < 1.29 is 24.2 Å². The first-order valence-corrected chi connectivity index (χ1v) is 12.2. The van der Waals surface area contributed by atoms with Crippen molar-refractivity contribution in [3.8, 4) is 5.75 Å². The average Bonchev–Trinajstić information content (AvgIpc) is 3.08. The third-order valence-corrected chi connectivity index (χ3v) is 6.46. The third kappa shape index (κ3) is 6.04. The van der Waals surface area contributed by atoms with Crippen LogP contribution in [0.5, 0.6) is 5.75 Å². The zero-order valence-corrected chi connectivity index (χ0v) is 21.5. The number of ether oxygens (including phenoxy) is 2. The summed E-state index contributed by atoms with van der Waals surface area (Å²) in [6, 6.07) is 12.1. The van der Waals surface area contributed by atoms with Crippen molar-refractivity contribution in [1.29, 1.82) is 0 Å². The van der Waals surface area contributed by atoms with Crippen LogP contribution in [0.1, 0.15) is 22.8 Å². The first-order chi connectivity index (χ1) is 15.8. The highest BCUT2D eigenvalue weighted by molar-refractivity contribution is 9.11. The third-order valence-electron chi connectivity index (χ3n) is 4.26. The van der Waals surface area contributed by atoms with Crippen molar-refractivity contribution in [1.82, 2.24) is 0 Å². The van der Waals surface area contributed by atoms with Crippen molar-refractivity contribution >= 4 is 66.6 Å². The number of carbonyl (C=O) groups excluding carboxylic acids is 2. The molecule has 0 radical (unpaired) electrons. The number of thioether (sulfide) groups is 1. The molecule has 33 heavy (non-hydrogen) atoms. The Bertz CT molecular complexity index is 1170. The lowest BCUT2D eigenvalue weighted by atomic mass is 10.1. The molecule has 1 aliphatic heterocycles. The maximum atomic E-state index is 12.6. The Balaban J connectivity index is 2.00. The normalized spacial score (nSPS) is 15.7. The maximum absolute atomic E-state index is 12.6. The zero-order chi connectivity index (χ0) is 24.0. The lowest BCUT2D eigenvalue weighted by Crippen LogP contribution is -2.14. The molecule has 1 aliphatic rings. The van der Waals surface area contributed by atoms with Gasteiger partial charge in [0.25, 0.3) is 5.91 Å². The van der Waals surface area contributed by atoms with E-state index in [4.69, 9.17) is 9.47 Å². The van der Waals surface area contributed by atoms with Crippen molar-refractivity contribution in [3.05, 3.63) is 91.4 Å². The average molecular weight is 593 g/mol. The number of esters is 1. The second kappa shape index (κ2) is 11.5. The monoisotopic (exact) mass is 591 g/mol. The van der Waals surface area contributed by atoms with Crippen molar-refractivity contribution in [2.24, 2.45) is 4.99 Å². The minimum atomic E-state index is -0.749. The number of rotatable bonds is 7. The summed E-state index contributed by atoms with van der Waals surface area (Å²) in [7, 11) is 0. The van der Waals surface area contributed by atoms with Crippen LogP contribution in [0, 0.1) is 0 Å². The van der Waals surface area contributed by atoms with Gasteiger partial charge in [0, 0.05) is 5.56 Å². The Labute approximate surface area is 212 Å². The van der Waals surface area contributed by atoms with Gasteiger partial charge in [-0.15, -0.1) is 0 Å². The van der Waals surface area contributed by atoms with E-state index in [-0.39, 0.29) is 23.0 Å². The summed E-state index contributed by atoms with van der Waals surface area (Å²) >= 11 is 7.97. The molecule has 0 saturated carbocycles. The highest BCUT2D eigenvalue weighted by Crippen LogP contribution is 2.41. The predicted molar refractivity (Wildman–Crippen MR) is 138 cm³/mol. The number of aliphatic hydroxyl groups is 1. The molecule has 1 N–H and O–H groups in total. The minimum absolute atomic E-state index is 0.0788. The predicted octanol–water partition coefficient (Wildman–Crippen LogP) is 6.48. The SMILES string of the molecule is C=CCOc1c(Br)cc(C=C2SC(=NC(=O)c3ccccc3)C(C(=O)OCC)=C2O)cc1Br. The van der Waals surface area contributed by atoms with Crippen molar-refractivity contribution in [2.75, 3.05) is 13.2 Å². The minimum Gasteiger partial charge on any atom is -0.506 e. The van der Waals surface area contributed by atoms with E-state index in [0.717, 1.165) is 11.8 Å². The van der Waals surface area contributed by atoms with Gasteiger partial charge in [0.1, 0.15) is 28.7 Å². The summed E-state index contributed by atoms with van der Waals surface area (Å²) in [5.41, 5.74) is 0.947. The molecule has 9 heteroatoms. The Morgan fingerprint density at radius 1 is 1.18 bits per heavy atom. The number of carbonyl (C=O) groups is 2. The molecular weight excluding hydrogens is 574 g/mol. The second-order valence-electron chi connectivity index (χ2n) is 6.56. The first-order valence-electron chi connectivity index (χ1n) is 9.77. The fraction of sp³-hybridized carbons (Fsp3) is 0.125. The van der Waals surface area contributed by atoms with Gasteiger partial charge in [0.15, 0.2) is 0 Å². The van der Waals surface area contributed by atoms with Gasteiger partial charge in [-0.2, -0.15) is 0 Å². The van der Waals surface area contributed by atoms with Gasteiger partial charge in [0.05, 0.1) is 20.5 Å². The number of nitrogens with zero attached hydrogens (tertiary/aromatic N) is 1. The van der Waals surface area contributed by atoms with Crippen LogP contribution in [0.2, 0.25) is 0 Å². The van der Waals surface area contributed by atoms with Crippen LogP contribution in [0.4, 0.5) is 0 Å².